The van der Waals surface area contributed by atoms with Crippen molar-refractivity contribution in [3.8, 4) is 22.4 Å². The number of pyridine rings is 2. The summed E-state index contributed by atoms with van der Waals surface area (Å²) in [5.74, 6) is 0. The van der Waals surface area contributed by atoms with E-state index in [-0.39, 0.29) is 0 Å². The van der Waals surface area contributed by atoms with E-state index in [9.17, 15) is 0 Å². The standard InChI is InChI=1S/C18H17N2/c1-14-7-3-4-9-16(14)18-17(10-6-12-20(18)2)15-8-5-11-19-13-15/h3-13H,1-2H3/q+1. The molecule has 0 atom stereocenters. The maximum Gasteiger partial charge on any atom is 0.220 e. The number of rotatable bonds is 2. The Morgan fingerprint density at radius 1 is 0.900 bits per heavy atom. The number of hydrogen-bond donors (Lipinski definition) is 0. The molecule has 0 unspecified atom stereocenters. The first-order valence-corrected chi connectivity index (χ1v) is 6.72. The molecule has 0 radical (unpaired) electrons. The van der Waals surface area contributed by atoms with Crippen LogP contribution in [0.3, 0.4) is 0 Å². The Kier molecular flexibility index (Phi) is 3.30. The van der Waals surface area contributed by atoms with E-state index in [4.69, 9.17) is 0 Å². The molecule has 2 heteroatoms. The predicted molar refractivity (Wildman–Crippen MR) is 81.0 cm³/mol. The lowest BCUT2D eigenvalue weighted by Crippen LogP contribution is -2.31. The highest BCUT2D eigenvalue weighted by Crippen LogP contribution is 2.30. The van der Waals surface area contributed by atoms with Gasteiger partial charge in [-0.2, -0.15) is 0 Å². The molecule has 1 aromatic carbocycles. The van der Waals surface area contributed by atoms with Gasteiger partial charge in [0.1, 0.15) is 7.05 Å². The summed E-state index contributed by atoms with van der Waals surface area (Å²) in [4.78, 5) is 4.24. The highest BCUT2D eigenvalue weighted by molar-refractivity contribution is 5.79. The summed E-state index contributed by atoms with van der Waals surface area (Å²) >= 11 is 0. The van der Waals surface area contributed by atoms with Crippen LogP contribution in [0.4, 0.5) is 0 Å². The lowest BCUT2D eigenvalue weighted by Gasteiger charge is -2.09. The van der Waals surface area contributed by atoms with E-state index in [1.807, 2.05) is 12.3 Å². The van der Waals surface area contributed by atoms with E-state index in [2.05, 4.69) is 72.2 Å². The van der Waals surface area contributed by atoms with Crippen LogP contribution in [0.5, 0.6) is 0 Å². The molecule has 0 bridgehead atoms. The molecule has 2 heterocycles. The van der Waals surface area contributed by atoms with Crippen LogP contribution in [-0.2, 0) is 7.05 Å². The van der Waals surface area contributed by atoms with E-state index >= 15 is 0 Å². The summed E-state index contributed by atoms with van der Waals surface area (Å²) in [7, 11) is 2.08. The molecule has 0 spiro atoms. The van der Waals surface area contributed by atoms with Crippen molar-refractivity contribution in [2.75, 3.05) is 0 Å². The highest BCUT2D eigenvalue weighted by Gasteiger charge is 2.18. The average Bonchev–Trinajstić information content (AvgIpc) is 2.49. The Morgan fingerprint density at radius 3 is 2.45 bits per heavy atom. The van der Waals surface area contributed by atoms with Gasteiger partial charge in [-0.05, 0) is 30.7 Å². The van der Waals surface area contributed by atoms with Gasteiger partial charge in [-0.15, -0.1) is 0 Å². The molecular formula is C18H17N2+. The molecule has 0 saturated heterocycles. The summed E-state index contributed by atoms with van der Waals surface area (Å²) in [5.41, 5.74) is 6.10. The van der Waals surface area contributed by atoms with E-state index in [0.29, 0.717) is 0 Å². The molecule has 3 rings (SSSR count). The van der Waals surface area contributed by atoms with Crippen molar-refractivity contribution in [2.24, 2.45) is 7.05 Å². The third-order valence-electron chi connectivity index (χ3n) is 3.55. The Morgan fingerprint density at radius 2 is 1.70 bits per heavy atom. The van der Waals surface area contributed by atoms with Crippen LogP contribution in [0.25, 0.3) is 22.4 Å². The minimum Gasteiger partial charge on any atom is -0.264 e. The highest BCUT2D eigenvalue weighted by atomic mass is 14.9. The number of benzene rings is 1. The molecule has 2 aromatic heterocycles. The van der Waals surface area contributed by atoms with Crippen molar-refractivity contribution in [1.82, 2.24) is 4.98 Å². The third-order valence-corrected chi connectivity index (χ3v) is 3.55. The third kappa shape index (κ3) is 2.21. The monoisotopic (exact) mass is 261 g/mol. The lowest BCUT2D eigenvalue weighted by atomic mass is 9.97. The van der Waals surface area contributed by atoms with Crippen molar-refractivity contribution in [3.05, 3.63) is 72.7 Å². The Labute approximate surface area is 119 Å². The number of aryl methyl sites for hydroxylation is 2. The second-order valence-electron chi connectivity index (χ2n) is 4.94. The van der Waals surface area contributed by atoms with Crippen LogP contribution in [0.1, 0.15) is 5.56 Å². The molecule has 20 heavy (non-hydrogen) atoms. The largest absolute Gasteiger partial charge is 0.264 e. The topological polar surface area (TPSA) is 16.8 Å². The maximum atomic E-state index is 4.24. The van der Waals surface area contributed by atoms with E-state index in [1.54, 1.807) is 6.20 Å². The quantitative estimate of drug-likeness (QED) is 0.645. The predicted octanol–water partition coefficient (Wildman–Crippen LogP) is 3.55. The smallest absolute Gasteiger partial charge is 0.220 e. The van der Waals surface area contributed by atoms with Crippen molar-refractivity contribution >= 4 is 0 Å². The van der Waals surface area contributed by atoms with Crippen LogP contribution in [0.15, 0.2) is 67.1 Å². The zero-order valence-electron chi connectivity index (χ0n) is 11.7. The summed E-state index contributed by atoms with van der Waals surface area (Å²) in [6.45, 7) is 2.15. The normalized spacial score (nSPS) is 10.5. The Hall–Kier alpha value is -2.48. The Bertz CT molecular complexity index is 733. The average molecular weight is 261 g/mol. The van der Waals surface area contributed by atoms with Gasteiger partial charge in [0.2, 0.25) is 5.69 Å². The second-order valence-corrected chi connectivity index (χ2v) is 4.94. The Balaban J connectivity index is 2.29. The van der Waals surface area contributed by atoms with Crippen molar-refractivity contribution < 1.29 is 4.57 Å². The molecule has 0 saturated carbocycles. The summed E-state index contributed by atoms with van der Waals surface area (Å²) in [6.07, 6.45) is 5.80. The molecule has 0 aliphatic heterocycles. The lowest BCUT2D eigenvalue weighted by molar-refractivity contribution is -0.660. The van der Waals surface area contributed by atoms with Gasteiger partial charge >= 0.3 is 0 Å². The second kappa shape index (κ2) is 5.25. The van der Waals surface area contributed by atoms with Crippen LogP contribution in [0, 0.1) is 6.92 Å². The van der Waals surface area contributed by atoms with Gasteiger partial charge in [-0.25, -0.2) is 4.57 Å². The molecule has 0 N–H and O–H groups in total. The van der Waals surface area contributed by atoms with Crippen molar-refractivity contribution in [1.29, 1.82) is 0 Å². The molecule has 0 amide bonds. The molecule has 98 valence electrons. The van der Waals surface area contributed by atoms with Crippen molar-refractivity contribution in [3.63, 3.8) is 0 Å². The number of aromatic nitrogens is 2. The fraction of sp³-hybridized carbons (Fsp3) is 0.111. The first kappa shape index (κ1) is 12.5. The fourth-order valence-electron chi connectivity index (χ4n) is 2.54. The molecule has 0 aliphatic carbocycles. The van der Waals surface area contributed by atoms with Gasteiger partial charge in [0.05, 0.1) is 5.56 Å². The SMILES string of the molecule is Cc1ccccc1-c1c(-c2cccnc2)ccc[n+]1C. The number of nitrogens with zero attached hydrogens (tertiary/aromatic N) is 2. The van der Waals surface area contributed by atoms with Gasteiger partial charge in [-0.1, -0.05) is 24.3 Å². The van der Waals surface area contributed by atoms with Crippen molar-refractivity contribution in [2.45, 2.75) is 6.92 Å². The van der Waals surface area contributed by atoms with E-state index in [0.717, 1.165) is 5.56 Å². The zero-order chi connectivity index (χ0) is 13.9. The molecule has 2 nitrogen and oxygen atoms in total. The van der Waals surface area contributed by atoms with E-state index in [1.165, 1.54) is 22.4 Å². The molecular weight excluding hydrogens is 244 g/mol. The van der Waals surface area contributed by atoms with Crippen LogP contribution in [0.2, 0.25) is 0 Å². The molecule has 0 aliphatic rings. The van der Waals surface area contributed by atoms with Crippen LogP contribution in [-0.4, -0.2) is 4.98 Å². The summed E-state index contributed by atoms with van der Waals surface area (Å²) in [5, 5.41) is 0. The minimum absolute atomic E-state index is 1.14. The minimum atomic E-state index is 1.14. The van der Waals surface area contributed by atoms with Gasteiger partial charge in [0.25, 0.3) is 0 Å². The first-order valence-electron chi connectivity index (χ1n) is 6.72. The van der Waals surface area contributed by atoms with Gasteiger partial charge in [0, 0.05) is 29.6 Å². The van der Waals surface area contributed by atoms with Crippen LogP contribution < -0.4 is 4.57 Å². The summed E-state index contributed by atoms with van der Waals surface area (Å²) < 4.78 is 2.17. The van der Waals surface area contributed by atoms with Gasteiger partial charge in [-0.3, -0.25) is 4.98 Å². The zero-order valence-corrected chi connectivity index (χ0v) is 11.7. The number of hydrogen-bond acceptors (Lipinski definition) is 1. The molecule has 0 fully saturated rings. The van der Waals surface area contributed by atoms with Crippen LogP contribution >= 0.6 is 0 Å². The van der Waals surface area contributed by atoms with E-state index < -0.39 is 0 Å². The first-order chi connectivity index (χ1) is 9.77. The van der Waals surface area contributed by atoms with Gasteiger partial charge < -0.3 is 0 Å². The fourth-order valence-corrected chi connectivity index (χ4v) is 2.54. The maximum absolute atomic E-state index is 4.24. The molecule has 3 aromatic rings. The van der Waals surface area contributed by atoms with Gasteiger partial charge in [0.15, 0.2) is 6.20 Å². The summed E-state index contributed by atoms with van der Waals surface area (Å²) in [6, 6.07) is 16.8.